The zero-order chi connectivity index (χ0) is 10.6. The van der Waals surface area contributed by atoms with Crippen molar-refractivity contribution in [1.29, 1.82) is 0 Å². The molecule has 0 radical (unpaired) electrons. The highest BCUT2D eigenvalue weighted by molar-refractivity contribution is 5.22. The van der Waals surface area contributed by atoms with Crippen LogP contribution in [0.1, 0.15) is 13.3 Å². The van der Waals surface area contributed by atoms with Gasteiger partial charge in [-0.15, -0.1) is 0 Å². The van der Waals surface area contributed by atoms with Crippen LogP contribution in [-0.4, -0.2) is 22.6 Å². The molecule has 1 atom stereocenters. The van der Waals surface area contributed by atoms with Gasteiger partial charge in [0.05, 0.1) is 0 Å². The van der Waals surface area contributed by atoms with Gasteiger partial charge in [0.15, 0.2) is 0 Å². The fourth-order valence-electron chi connectivity index (χ4n) is 1.04. The van der Waals surface area contributed by atoms with Crippen LogP contribution in [0.15, 0.2) is 24.3 Å². The van der Waals surface area contributed by atoms with Crippen molar-refractivity contribution in [3.8, 4) is 5.75 Å². The molecule has 0 spiro atoms. The normalized spacial score (nSPS) is 14.9. The van der Waals surface area contributed by atoms with Gasteiger partial charge in [-0.05, 0) is 12.1 Å². The van der Waals surface area contributed by atoms with E-state index in [4.69, 9.17) is 9.84 Å². The number of halogens is 1. The fourth-order valence-corrected chi connectivity index (χ4v) is 1.04. The second kappa shape index (κ2) is 4.39. The van der Waals surface area contributed by atoms with E-state index in [2.05, 4.69) is 0 Å². The Bertz CT molecular complexity index is 299. The van der Waals surface area contributed by atoms with Crippen molar-refractivity contribution >= 4 is 0 Å². The molecule has 0 saturated carbocycles. The summed E-state index contributed by atoms with van der Waals surface area (Å²) >= 11 is 0. The molecule has 2 N–H and O–H groups in total. The smallest absolute Gasteiger partial charge is 0.207 e. The summed E-state index contributed by atoms with van der Waals surface area (Å²) in [4.78, 5) is 0. The lowest BCUT2D eigenvalue weighted by molar-refractivity contribution is -0.133. The number of aliphatic hydroxyl groups excluding tert-OH is 1. The molecule has 14 heavy (non-hydrogen) atoms. The minimum absolute atomic E-state index is 0.0729. The van der Waals surface area contributed by atoms with Gasteiger partial charge in [-0.3, -0.25) is 0 Å². The van der Waals surface area contributed by atoms with Crippen LogP contribution in [0.2, 0.25) is 0 Å². The van der Waals surface area contributed by atoms with E-state index in [9.17, 15) is 9.50 Å². The first-order chi connectivity index (χ1) is 6.53. The quantitative estimate of drug-likeness (QED) is 0.720. The number of benzene rings is 1. The van der Waals surface area contributed by atoms with E-state index in [-0.39, 0.29) is 18.8 Å². The van der Waals surface area contributed by atoms with Crippen molar-refractivity contribution < 1.29 is 19.3 Å². The second-order valence-corrected chi connectivity index (χ2v) is 3.21. The Hall–Kier alpha value is -1.13. The van der Waals surface area contributed by atoms with Crippen LogP contribution in [0.25, 0.3) is 0 Å². The molecule has 0 aromatic heterocycles. The van der Waals surface area contributed by atoms with Gasteiger partial charge in [-0.2, -0.15) is 0 Å². The van der Waals surface area contributed by atoms with Crippen LogP contribution in [0.5, 0.6) is 5.75 Å². The molecular formula is C10H13FO3. The van der Waals surface area contributed by atoms with Gasteiger partial charge in [-0.25, -0.2) is 4.39 Å². The van der Waals surface area contributed by atoms with Crippen LogP contribution in [0, 0.1) is 5.82 Å². The Morgan fingerprint density at radius 1 is 1.50 bits per heavy atom. The molecular weight excluding hydrogens is 187 g/mol. The molecule has 4 heteroatoms. The first kappa shape index (κ1) is 10.9. The molecule has 0 bridgehead atoms. The summed E-state index contributed by atoms with van der Waals surface area (Å²) < 4.78 is 17.8. The third-order valence-electron chi connectivity index (χ3n) is 1.71. The molecule has 0 amide bonds. The lowest BCUT2D eigenvalue weighted by atomic mass is 10.2. The van der Waals surface area contributed by atoms with Crippen LogP contribution < -0.4 is 4.74 Å². The maximum Gasteiger partial charge on any atom is 0.207 e. The van der Waals surface area contributed by atoms with Crippen molar-refractivity contribution in [2.75, 3.05) is 6.61 Å². The van der Waals surface area contributed by atoms with Crippen molar-refractivity contribution in [3.05, 3.63) is 30.1 Å². The molecule has 0 aliphatic rings. The molecule has 0 aliphatic carbocycles. The van der Waals surface area contributed by atoms with Gasteiger partial charge in [0.25, 0.3) is 0 Å². The Balaban J connectivity index is 2.68. The Labute approximate surface area is 81.8 Å². The molecule has 1 unspecified atom stereocenters. The Morgan fingerprint density at radius 2 is 2.21 bits per heavy atom. The minimum atomic E-state index is -1.47. The summed E-state index contributed by atoms with van der Waals surface area (Å²) in [5, 5.41) is 18.2. The SMILES string of the molecule is CC(O)(CCO)Oc1cccc(F)c1. The fraction of sp³-hybridized carbons (Fsp3) is 0.400. The second-order valence-electron chi connectivity index (χ2n) is 3.21. The summed E-state index contributed by atoms with van der Waals surface area (Å²) in [6.07, 6.45) is 0.0729. The van der Waals surface area contributed by atoms with Crippen LogP contribution in [0.3, 0.4) is 0 Å². The molecule has 1 rings (SSSR count). The van der Waals surface area contributed by atoms with E-state index in [1.807, 2.05) is 0 Å². The number of hydrogen-bond acceptors (Lipinski definition) is 3. The number of aliphatic hydroxyl groups is 2. The zero-order valence-electron chi connectivity index (χ0n) is 7.90. The van der Waals surface area contributed by atoms with E-state index in [0.29, 0.717) is 0 Å². The first-order valence-electron chi connectivity index (χ1n) is 4.31. The number of hydrogen-bond donors (Lipinski definition) is 2. The monoisotopic (exact) mass is 200 g/mol. The highest BCUT2D eigenvalue weighted by Gasteiger charge is 2.21. The van der Waals surface area contributed by atoms with Crippen LogP contribution in [-0.2, 0) is 0 Å². The van der Waals surface area contributed by atoms with E-state index in [0.717, 1.165) is 0 Å². The van der Waals surface area contributed by atoms with Crippen molar-refractivity contribution in [2.24, 2.45) is 0 Å². The van der Waals surface area contributed by atoms with Gasteiger partial charge in [0.2, 0.25) is 5.79 Å². The first-order valence-corrected chi connectivity index (χ1v) is 4.31. The predicted octanol–water partition coefficient (Wildman–Crippen LogP) is 1.30. The Morgan fingerprint density at radius 3 is 2.79 bits per heavy atom. The molecule has 0 saturated heterocycles. The van der Waals surface area contributed by atoms with Gasteiger partial charge in [-0.1, -0.05) is 6.07 Å². The highest BCUT2D eigenvalue weighted by atomic mass is 19.1. The topological polar surface area (TPSA) is 49.7 Å². The molecule has 1 aromatic rings. The molecule has 0 aliphatic heterocycles. The summed E-state index contributed by atoms with van der Waals surface area (Å²) in [5.74, 6) is -1.66. The highest BCUT2D eigenvalue weighted by Crippen LogP contribution is 2.19. The van der Waals surface area contributed by atoms with E-state index >= 15 is 0 Å². The van der Waals surface area contributed by atoms with E-state index < -0.39 is 11.6 Å². The summed E-state index contributed by atoms with van der Waals surface area (Å²) in [6.45, 7) is 1.22. The van der Waals surface area contributed by atoms with Crippen LogP contribution >= 0.6 is 0 Å². The van der Waals surface area contributed by atoms with E-state index in [1.54, 1.807) is 0 Å². The van der Waals surface area contributed by atoms with Crippen molar-refractivity contribution in [2.45, 2.75) is 19.1 Å². The number of rotatable bonds is 4. The molecule has 78 valence electrons. The standard InChI is InChI=1S/C10H13FO3/c1-10(13,5-6-12)14-9-4-2-3-8(11)7-9/h2-4,7,12-13H,5-6H2,1H3. The maximum absolute atomic E-state index is 12.7. The third kappa shape index (κ3) is 3.32. The summed E-state index contributed by atoms with van der Waals surface area (Å²) in [7, 11) is 0. The molecule has 0 heterocycles. The van der Waals surface area contributed by atoms with Crippen LogP contribution in [0.4, 0.5) is 4.39 Å². The zero-order valence-corrected chi connectivity index (χ0v) is 7.90. The average molecular weight is 200 g/mol. The minimum Gasteiger partial charge on any atom is -0.463 e. The summed E-state index contributed by atoms with van der Waals surface area (Å²) in [5.41, 5.74) is 0. The molecule has 3 nitrogen and oxygen atoms in total. The summed E-state index contributed by atoms with van der Waals surface area (Å²) in [6, 6.07) is 5.48. The number of ether oxygens (including phenoxy) is 1. The lowest BCUT2D eigenvalue weighted by Crippen LogP contribution is -2.32. The molecule has 1 aromatic carbocycles. The van der Waals surface area contributed by atoms with Crippen molar-refractivity contribution in [3.63, 3.8) is 0 Å². The van der Waals surface area contributed by atoms with E-state index in [1.165, 1.54) is 31.2 Å². The van der Waals surface area contributed by atoms with Gasteiger partial charge < -0.3 is 14.9 Å². The predicted molar refractivity (Wildman–Crippen MR) is 49.4 cm³/mol. The molecule has 0 fully saturated rings. The Kier molecular flexibility index (Phi) is 3.43. The van der Waals surface area contributed by atoms with Gasteiger partial charge >= 0.3 is 0 Å². The average Bonchev–Trinajstić information content (AvgIpc) is 2.02. The third-order valence-corrected chi connectivity index (χ3v) is 1.71. The van der Waals surface area contributed by atoms with Gasteiger partial charge in [0.1, 0.15) is 11.6 Å². The largest absolute Gasteiger partial charge is 0.463 e. The maximum atomic E-state index is 12.7. The van der Waals surface area contributed by atoms with Crippen molar-refractivity contribution in [1.82, 2.24) is 0 Å². The lowest BCUT2D eigenvalue weighted by Gasteiger charge is -2.23. The van der Waals surface area contributed by atoms with Gasteiger partial charge in [0, 0.05) is 26.0 Å².